The molecule has 210 valence electrons. The first-order valence-corrected chi connectivity index (χ1v) is 13.0. The number of imidazole rings is 1. The maximum Gasteiger partial charge on any atom is 0.416 e. The third-order valence-corrected chi connectivity index (χ3v) is 6.17. The largest absolute Gasteiger partial charge is 0.487 e. The van der Waals surface area contributed by atoms with E-state index >= 15 is 0 Å². The molecule has 0 aliphatic rings. The minimum atomic E-state index is -4.36. The molecule has 0 unspecified atom stereocenters. The van der Waals surface area contributed by atoms with Crippen LogP contribution < -0.4 is 10.1 Å². The van der Waals surface area contributed by atoms with Gasteiger partial charge in [-0.15, -0.1) is 0 Å². The van der Waals surface area contributed by atoms with Crippen LogP contribution in [-0.2, 0) is 37.0 Å². The number of unbranched alkanes of at least 4 members (excludes halogenated alkanes) is 1. The van der Waals surface area contributed by atoms with E-state index < -0.39 is 11.7 Å². The van der Waals surface area contributed by atoms with E-state index in [1.807, 2.05) is 30.5 Å². The number of aryl methyl sites for hydroxylation is 2. The highest BCUT2D eigenvalue weighted by molar-refractivity contribution is 5.72. The van der Waals surface area contributed by atoms with Gasteiger partial charge < -0.3 is 19.0 Å². The van der Waals surface area contributed by atoms with Gasteiger partial charge in [-0.05, 0) is 60.7 Å². The summed E-state index contributed by atoms with van der Waals surface area (Å²) in [6, 6.07) is 12.8. The van der Waals surface area contributed by atoms with E-state index in [9.17, 15) is 18.0 Å². The van der Waals surface area contributed by atoms with Crippen molar-refractivity contribution in [3.8, 4) is 5.75 Å². The smallest absolute Gasteiger partial charge is 0.416 e. The minimum absolute atomic E-state index is 0.0353. The van der Waals surface area contributed by atoms with Crippen LogP contribution in [0.25, 0.3) is 12.2 Å². The van der Waals surface area contributed by atoms with Crippen molar-refractivity contribution in [2.75, 3.05) is 6.54 Å². The van der Waals surface area contributed by atoms with Crippen LogP contribution in [0.1, 0.15) is 53.9 Å². The number of hydrogen-bond acceptors (Lipinski definition) is 5. The van der Waals surface area contributed by atoms with E-state index in [0.29, 0.717) is 30.1 Å². The first-order chi connectivity index (χ1) is 19.3. The number of carbonyl (C=O) groups is 1. The summed E-state index contributed by atoms with van der Waals surface area (Å²) in [6.45, 7) is 3.21. The average molecular weight is 553 g/mol. The van der Waals surface area contributed by atoms with E-state index in [0.717, 1.165) is 49.5 Å². The third kappa shape index (κ3) is 8.86. The number of carbonyl (C=O) groups excluding carboxylic acids is 1. The summed E-state index contributed by atoms with van der Waals surface area (Å²) in [5, 5.41) is 2.80. The topological polar surface area (TPSA) is 82.2 Å². The lowest BCUT2D eigenvalue weighted by Gasteiger charge is -2.09. The quantitative estimate of drug-likeness (QED) is 0.196. The Bertz CT molecular complexity index is 1390. The summed E-state index contributed by atoms with van der Waals surface area (Å²) >= 11 is 0. The molecule has 0 saturated heterocycles. The van der Waals surface area contributed by atoms with E-state index in [1.165, 1.54) is 30.9 Å². The first kappa shape index (κ1) is 28.7. The molecule has 1 N–H and O–H groups in total. The van der Waals surface area contributed by atoms with Crippen LogP contribution in [0.4, 0.5) is 13.2 Å². The molecule has 0 saturated carbocycles. The molecule has 2 aromatic carbocycles. The van der Waals surface area contributed by atoms with Crippen LogP contribution in [0.15, 0.2) is 71.6 Å². The number of benzene rings is 2. The molecular weight excluding hydrogens is 521 g/mol. The second-order valence-electron chi connectivity index (χ2n) is 9.29. The van der Waals surface area contributed by atoms with Crippen molar-refractivity contribution in [3.05, 3.63) is 101 Å². The van der Waals surface area contributed by atoms with Gasteiger partial charge in [0.25, 0.3) is 0 Å². The van der Waals surface area contributed by atoms with Crippen LogP contribution in [-0.4, -0.2) is 27.0 Å². The lowest BCUT2D eigenvalue weighted by Crippen LogP contribution is -2.23. The van der Waals surface area contributed by atoms with Gasteiger partial charge in [0.15, 0.2) is 0 Å². The third-order valence-electron chi connectivity index (χ3n) is 6.17. The Hall–Kier alpha value is -4.34. The molecule has 0 atom stereocenters. The Morgan fingerprint density at radius 1 is 1.05 bits per heavy atom. The van der Waals surface area contributed by atoms with Gasteiger partial charge in [0.1, 0.15) is 30.1 Å². The highest BCUT2D eigenvalue weighted by Gasteiger charge is 2.29. The number of nitrogens with zero attached hydrogens (tertiary/aromatic N) is 3. The second kappa shape index (κ2) is 13.6. The Kier molecular flexibility index (Phi) is 9.77. The molecule has 0 spiro atoms. The zero-order valence-electron chi connectivity index (χ0n) is 22.2. The van der Waals surface area contributed by atoms with Gasteiger partial charge in [-0.25, -0.2) is 9.97 Å². The molecule has 7 nitrogen and oxygen atoms in total. The van der Waals surface area contributed by atoms with Crippen LogP contribution in [0.5, 0.6) is 5.75 Å². The number of oxazole rings is 1. The summed E-state index contributed by atoms with van der Waals surface area (Å²) in [5.41, 5.74) is 1.74. The number of halogens is 3. The van der Waals surface area contributed by atoms with Crippen LogP contribution in [0.3, 0.4) is 0 Å². The van der Waals surface area contributed by atoms with Crippen molar-refractivity contribution >= 4 is 18.1 Å². The summed E-state index contributed by atoms with van der Waals surface area (Å²) in [7, 11) is 0. The lowest BCUT2D eigenvalue weighted by molar-refractivity contribution is -0.137. The summed E-state index contributed by atoms with van der Waals surface area (Å²) in [4.78, 5) is 19.8. The number of alkyl halides is 3. The number of ether oxygens (including phenoxy) is 1. The van der Waals surface area contributed by atoms with Gasteiger partial charge >= 0.3 is 6.18 Å². The molecule has 4 rings (SSSR count). The van der Waals surface area contributed by atoms with Crippen molar-refractivity contribution in [2.45, 2.75) is 51.9 Å². The monoisotopic (exact) mass is 552 g/mol. The number of aromatic nitrogens is 3. The molecule has 1 amide bonds. The Morgan fingerprint density at radius 2 is 1.82 bits per heavy atom. The predicted octanol–water partition coefficient (Wildman–Crippen LogP) is 6.34. The van der Waals surface area contributed by atoms with Gasteiger partial charge in [-0.1, -0.05) is 24.3 Å². The molecule has 10 heteroatoms. The number of nitrogens with one attached hydrogen (secondary N) is 1. The Balaban J connectivity index is 1.17. The zero-order valence-corrected chi connectivity index (χ0v) is 22.2. The highest BCUT2D eigenvalue weighted by atomic mass is 19.4. The molecule has 0 aliphatic heterocycles. The molecule has 2 heterocycles. The summed E-state index contributed by atoms with van der Waals surface area (Å²) in [5.74, 6) is 2.00. The minimum Gasteiger partial charge on any atom is -0.487 e. The van der Waals surface area contributed by atoms with Crippen LogP contribution in [0.2, 0.25) is 0 Å². The van der Waals surface area contributed by atoms with Crippen molar-refractivity contribution in [1.82, 2.24) is 19.9 Å². The maximum absolute atomic E-state index is 12.7. The van der Waals surface area contributed by atoms with Crippen LogP contribution >= 0.6 is 0 Å². The SMILES string of the molecule is CC(=O)NCCc1nccn1CCCCc1ccc(OCc2coc(/C=C/c3ccc(C(F)(F)F)cc3)n2)cc1. The molecule has 0 fully saturated rings. The fourth-order valence-electron chi connectivity index (χ4n) is 4.06. The second-order valence-corrected chi connectivity index (χ2v) is 9.29. The predicted molar refractivity (Wildman–Crippen MR) is 145 cm³/mol. The molecule has 2 aromatic heterocycles. The molecule has 40 heavy (non-hydrogen) atoms. The van der Waals surface area contributed by atoms with Gasteiger partial charge in [0, 0.05) is 44.9 Å². The summed E-state index contributed by atoms with van der Waals surface area (Å²) < 4.78 is 51.4. The number of rotatable bonds is 13. The molecular formula is C30H31F3N4O3. The zero-order chi connectivity index (χ0) is 28.4. The van der Waals surface area contributed by atoms with Crippen molar-refractivity contribution in [3.63, 3.8) is 0 Å². The highest BCUT2D eigenvalue weighted by Crippen LogP contribution is 2.29. The molecule has 4 aromatic rings. The standard InChI is InChI=1S/C30H31F3N4O3/c1-22(38)34-16-15-28-35-17-19-37(28)18-3-2-4-23-7-12-27(13-8-23)39-20-26-21-40-29(36-26)14-9-24-5-10-25(11-6-24)30(31,32)33/h5-14,17,19,21H,2-4,15-16,18,20H2,1H3,(H,34,38)/b14-9+. The molecule has 0 aliphatic carbocycles. The average Bonchev–Trinajstić information content (AvgIpc) is 3.58. The van der Waals surface area contributed by atoms with Crippen molar-refractivity contribution < 1.29 is 27.1 Å². The molecule has 0 bridgehead atoms. The van der Waals surface area contributed by atoms with E-state index in [2.05, 4.69) is 19.9 Å². The van der Waals surface area contributed by atoms with Crippen molar-refractivity contribution in [2.24, 2.45) is 0 Å². The number of hydrogen-bond donors (Lipinski definition) is 1. The van der Waals surface area contributed by atoms with Gasteiger partial charge in [0.2, 0.25) is 11.8 Å². The van der Waals surface area contributed by atoms with Crippen molar-refractivity contribution in [1.29, 1.82) is 0 Å². The van der Waals surface area contributed by atoms with Gasteiger partial charge in [-0.3, -0.25) is 4.79 Å². The fraction of sp³-hybridized carbons (Fsp3) is 0.300. The van der Waals surface area contributed by atoms with E-state index in [4.69, 9.17) is 9.15 Å². The first-order valence-electron chi connectivity index (χ1n) is 13.0. The van der Waals surface area contributed by atoms with Crippen LogP contribution in [0, 0.1) is 0 Å². The van der Waals surface area contributed by atoms with Gasteiger partial charge in [-0.2, -0.15) is 13.2 Å². The van der Waals surface area contributed by atoms with E-state index in [1.54, 1.807) is 18.3 Å². The van der Waals surface area contributed by atoms with Gasteiger partial charge in [0.05, 0.1) is 5.56 Å². The lowest BCUT2D eigenvalue weighted by atomic mass is 10.1. The molecule has 0 radical (unpaired) electrons. The Labute approximate surface area is 230 Å². The van der Waals surface area contributed by atoms with E-state index in [-0.39, 0.29) is 12.5 Å². The fourth-order valence-corrected chi connectivity index (χ4v) is 4.06. The number of amides is 1. The maximum atomic E-state index is 12.7. The summed E-state index contributed by atoms with van der Waals surface area (Å²) in [6.07, 6.45) is 7.85. The Morgan fingerprint density at radius 3 is 2.55 bits per heavy atom. The normalized spacial score (nSPS) is 11.7.